The molecule has 0 aromatic carbocycles. The minimum absolute atomic E-state index is 0.122. The number of hydrogen-bond acceptors (Lipinski definition) is 4. The molecular formula is C11H11N3O2. The molecule has 16 heavy (non-hydrogen) atoms. The molecular weight excluding hydrogens is 206 g/mol. The van der Waals surface area contributed by atoms with Crippen molar-refractivity contribution in [2.45, 2.75) is 12.8 Å². The van der Waals surface area contributed by atoms with Crippen molar-refractivity contribution in [3.8, 4) is 11.6 Å². The molecule has 0 amide bonds. The Balaban J connectivity index is 2.17. The highest BCUT2D eigenvalue weighted by molar-refractivity contribution is 5.49. The molecule has 0 saturated carbocycles. The smallest absolute Gasteiger partial charge is 0.153 e. The monoisotopic (exact) mass is 217 g/mol. The summed E-state index contributed by atoms with van der Waals surface area (Å²) >= 11 is 0. The summed E-state index contributed by atoms with van der Waals surface area (Å²) in [7, 11) is 0. The maximum Gasteiger partial charge on any atom is 0.153 e. The first-order chi connectivity index (χ1) is 7.79. The van der Waals surface area contributed by atoms with E-state index in [9.17, 15) is 4.79 Å². The fourth-order valence-electron chi connectivity index (χ4n) is 1.35. The third kappa shape index (κ3) is 2.25. The van der Waals surface area contributed by atoms with Crippen LogP contribution in [0.5, 0.6) is 5.75 Å². The van der Waals surface area contributed by atoms with E-state index in [4.69, 9.17) is 5.11 Å². The molecule has 0 aliphatic rings. The minimum atomic E-state index is 0.122. The molecule has 2 aromatic heterocycles. The van der Waals surface area contributed by atoms with Gasteiger partial charge in [-0.2, -0.15) is 5.10 Å². The highest BCUT2D eigenvalue weighted by Gasteiger charge is 2.01. The SMILES string of the molecule is O=CCCc1cnn(-c2ccc(O)cn2)c1. The summed E-state index contributed by atoms with van der Waals surface area (Å²) in [6.07, 6.45) is 6.95. The van der Waals surface area contributed by atoms with Crippen molar-refractivity contribution in [2.75, 3.05) is 0 Å². The Morgan fingerprint density at radius 2 is 2.25 bits per heavy atom. The lowest BCUT2D eigenvalue weighted by Gasteiger charge is -1.98. The van der Waals surface area contributed by atoms with Gasteiger partial charge in [-0.05, 0) is 24.1 Å². The molecule has 0 radical (unpaired) electrons. The third-order valence-corrected chi connectivity index (χ3v) is 2.15. The first kappa shape index (κ1) is 10.4. The summed E-state index contributed by atoms with van der Waals surface area (Å²) in [6, 6.07) is 3.22. The average molecular weight is 217 g/mol. The van der Waals surface area contributed by atoms with Crippen molar-refractivity contribution in [1.29, 1.82) is 0 Å². The summed E-state index contributed by atoms with van der Waals surface area (Å²) < 4.78 is 1.61. The zero-order valence-electron chi connectivity index (χ0n) is 8.58. The predicted octanol–water partition coefficient (Wildman–Crippen LogP) is 1.10. The van der Waals surface area contributed by atoms with Crippen molar-refractivity contribution in [2.24, 2.45) is 0 Å². The Labute approximate surface area is 92.4 Å². The van der Waals surface area contributed by atoms with Crippen LogP contribution in [0.25, 0.3) is 5.82 Å². The lowest BCUT2D eigenvalue weighted by molar-refractivity contribution is -0.107. The summed E-state index contributed by atoms with van der Waals surface area (Å²) in [5.74, 6) is 0.757. The second-order valence-corrected chi connectivity index (χ2v) is 3.37. The van der Waals surface area contributed by atoms with Gasteiger partial charge in [0.15, 0.2) is 5.82 Å². The van der Waals surface area contributed by atoms with Crippen molar-refractivity contribution in [1.82, 2.24) is 14.8 Å². The number of hydrogen-bond donors (Lipinski definition) is 1. The average Bonchev–Trinajstić information content (AvgIpc) is 2.76. The number of aromatic nitrogens is 3. The molecule has 0 aliphatic carbocycles. The second kappa shape index (κ2) is 4.57. The standard InChI is InChI=1S/C11H11N3O2/c15-5-1-2-9-6-13-14(8-9)11-4-3-10(16)7-12-11/h3-8,16H,1-2H2. The van der Waals surface area contributed by atoms with E-state index >= 15 is 0 Å². The van der Waals surface area contributed by atoms with Crippen LogP contribution in [0.1, 0.15) is 12.0 Å². The Kier molecular flexibility index (Phi) is 2.95. The highest BCUT2D eigenvalue weighted by Crippen LogP contribution is 2.10. The van der Waals surface area contributed by atoms with Crippen molar-refractivity contribution < 1.29 is 9.90 Å². The van der Waals surface area contributed by atoms with Gasteiger partial charge in [0, 0.05) is 12.6 Å². The molecule has 5 heteroatoms. The van der Waals surface area contributed by atoms with Gasteiger partial charge in [0.2, 0.25) is 0 Å². The molecule has 2 rings (SSSR count). The number of carbonyl (C=O) groups is 1. The highest BCUT2D eigenvalue weighted by atomic mass is 16.3. The number of pyridine rings is 1. The van der Waals surface area contributed by atoms with Crippen molar-refractivity contribution >= 4 is 6.29 Å². The summed E-state index contributed by atoms with van der Waals surface area (Å²) in [6.45, 7) is 0. The van der Waals surface area contributed by atoms with E-state index in [2.05, 4.69) is 10.1 Å². The topological polar surface area (TPSA) is 68.0 Å². The molecule has 0 bridgehead atoms. The van der Waals surface area contributed by atoms with Crippen LogP contribution in [0.4, 0.5) is 0 Å². The van der Waals surface area contributed by atoms with Crippen LogP contribution >= 0.6 is 0 Å². The number of nitrogens with zero attached hydrogens (tertiary/aromatic N) is 3. The van der Waals surface area contributed by atoms with E-state index in [1.165, 1.54) is 6.20 Å². The first-order valence-corrected chi connectivity index (χ1v) is 4.92. The van der Waals surface area contributed by atoms with E-state index in [1.807, 2.05) is 6.20 Å². The van der Waals surface area contributed by atoms with E-state index in [1.54, 1.807) is 23.0 Å². The fraction of sp³-hybridized carbons (Fsp3) is 0.182. The maximum absolute atomic E-state index is 10.2. The first-order valence-electron chi connectivity index (χ1n) is 4.92. The lowest BCUT2D eigenvalue weighted by atomic mass is 10.2. The van der Waals surface area contributed by atoms with Crippen LogP contribution in [0.3, 0.4) is 0 Å². The van der Waals surface area contributed by atoms with Crippen LogP contribution in [-0.4, -0.2) is 26.2 Å². The van der Waals surface area contributed by atoms with Crippen LogP contribution < -0.4 is 0 Å². The molecule has 1 N–H and O–H groups in total. The largest absolute Gasteiger partial charge is 0.506 e. The summed E-state index contributed by atoms with van der Waals surface area (Å²) in [5, 5.41) is 13.2. The van der Waals surface area contributed by atoms with Gasteiger partial charge in [-0.1, -0.05) is 0 Å². The zero-order chi connectivity index (χ0) is 11.4. The van der Waals surface area contributed by atoms with E-state index in [0.717, 1.165) is 11.8 Å². The maximum atomic E-state index is 10.2. The van der Waals surface area contributed by atoms with Gasteiger partial charge >= 0.3 is 0 Å². The number of aryl methyl sites for hydroxylation is 1. The van der Waals surface area contributed by atoms with Crippen LogP contribution in [0.2, 0.25) is 0 Å². The minimum Gasteiger partial charge on any atom is -0.506 e. The Morgan fingerprint density at radius 3 is 2.94 bits per heavy atom. The van der Waals surface area contributed by atoms with Gasteiger partial charge in [-0.3, -0.25) is 0 Å². The normalized spacial score (nSPS) is 10.2. The third-order valence-electron chi connectivity index (χ3n) is 2.15. The van der Waals surface area contributed by atoms with Crippen LogP contribution in [0, 0.1) is 0 Å². The number of aromatic hydroxyl groups is 1. The molecule has 0 fully saturated rings. The molecule has 0 spiro atoms. The Morgan fingerprint density at radius 1 is 1.38 bits per heavy atom. The molecule has 0 saturated heterocycles. The van der Waals surface area contributed by atoms with Gasteiger partial charge < -0.3 is 9.90 Å². The van der Waals surface area contributed by atoms with Crippen LogP contribution in [0.15, 0.2) is 30.7 Å². The van der Waals surface area contributed by atoms with Gasteiger partial charge in [0.25, 0.3) is 0 Å². The quantitative estimate of drug-likeness (QED) is 0.779. The van der Waals surface area contributed by atoms with Crippen molar-refractivity contribution in [3.05, 3.63) is 36.3 Å². The number of carbonyl (C=O) groups excluding carboxylic acids is 1. The lowest BCUT2D eigenvalue weighted by Crippen LogP contribution is -1.96. The van der Waals surface area contributed by atoms with E-state index in [0.29, 0.717) is 18.7 Å². The molecule has 82 valence electrons. The molecule has 0 atom stereocenters. The molecule has 2 heterocycles. The predicted molar refractivity (Wildman–Crippen MR) is 57.4 cm³/mol. The zero-order valence-corrected chi connectivity index (χ0v) is 8.58. The van der Waals surface area contributed by atoms with Gasteiger partial charge in [-0.25, -0.2) is 9.67 Å². The van der Waals surface area contributed by atoms with E-state index < -0.39 is 0 Å². The molecule has 0 unspecified atom stereocenters. The van der Waals surface area contributed by atoms with Crippen LogP contribution in [-0.2, 0) is 11.2 Å². The molecule has 0 aliphatic heterocycles. The second-order valence-electron chi connectivity index (χ2n) is 3.37. The molecule has 2 aromatic rings. The summed E-state index contributed by atoms with van der Waals surface area (Å²) in [5.41, 5.74) is 0.988. The molecule has 5 nitrogen and oxygen atoms in total. The fourth-order valence-corrected chi connectivity index (χ4v) is 1.35. The van der Waals surface area contributed by atoms with Gasteiger partial charge in [0.1, 0.15) is 12.0 Å². The van der Waals surface area contributed by atoms with E-state index in [-0.39, 0.29) is 5.75 Å². The Bertz CT molecular complexity index is 476. The Hall–Kier alpha value is -2.17. The van der Waals surface area contributed by atoms with Crippen molar-refractivity contribution in [3.63, 3.8) is 0 Å². The number of aldehydes is 1. The summed E-state index contributed by atoms with van der Waals surface area (Å²) in [4.78, 5) is 14.2. The van der Waals surface area contributed by atoms with Gasteiger partial charge in [-0.15, -0.1) is 0 Å². The van der Waals surface area contributed by atoms with Gasteiger partial charge in [0.05, 0.1) is 12.4 Å². The number of rotatable bonds is 4.